The Morgan fingerprint density at radius 1 is 1.62 bits per heavy atom. The first-order valence-corrected chi connectivity index (χ1v) is 6.04. The third kappa shape index (κ3) is 2.59. The number of aromatic nitrogens is 1. The molecule has 2 heterocycles. The van der Waals surface area contributed by atoms with E-state index in [1.165, 1.54) is 0 Å². The van der Waals surface area contributed by atoms with Crippen LogP contribution < -0.4 is 5.32 Å². The van der Waals surface area contributed by atoms with E-state index in [1.54, 1.807) is 17.3 Å². The summed E-state index contributed by atoms with van der Waals surface area (Å²) >= 11 is 3.37. The van der Waals surface area contributed by atoms with Crippen LogP contribution in [0.15, 0.2) is 22.9 Å². The molecule has 0 saturated carbocycles. The lowest BCUT2D eigenvalue weighted by Crippen LogP contribution is -2.36. The van der Waals surface area contributed by atoms with Gasteiger partial charge in [0.2, 0.25) is 5.91 Å². The second kappa shape index (κ2) is 4.93. The maximum Gasteiger partial charge on any atom is 0.239 e. The van der Waals surface area contributed by atoms with Gasteiger partial charge in [0.15, 0.2) is 0 Å². The number of likely N-dealkylation sites (tertiary alicyclic amines) is 1. The van der Waals surface area contributed by atoms with Crippen molar-refractivity contribution in [3.8, 4) is 0 Å². The van der Waals surface area contributed by atoms with Crippen LogP contribution >= 0.6 is 15.9 Å². The van der Waals surface area contributed by atoms with Crippen LogP contribution in [0.3, 0.4) is 0 Å². The Bertz CT molecular complexity index is 397. The molecular weight excluding hydrogens is 270 g/mol. The molecule has 1 atom stereocenters. The summed E-state index contributed by atoms with van der Waals surface area (Å²) < 4.78 is 0.960. The number of pyridine rings is 1. The summed E-state index contributed by atoms with van der Waals surface area (Å²) in [5, 5.41) is 3.25. The fraction of sp³-hybridized carbons (Fsp3) is 0.455. The van der Waals surface area contributed by atoms with E-state index in [9.17, 15) is 4.79 Å². The monoisotopic (exact) mass is 283 g/mol. The van der Waals surface area contributed by atoms with Gasteiger partial charge in [-0.05, 0) is 34.0 Å². The number of nitrogens with zero attached hydrogens (tertiary/aromatic N) is 2. The van der Waals surface area contributed by atoms with Gasteiger partial charge in [-0.2, -0.15) is 0 Å². The lowest BCUT2D eigenvalue weighted by molar-refractivity contribution is -0.128. The Hall–Kier alpha value is -0.940. The molecule has 5 heteroatoms. The molecule has 1 fully saturated rings. The third-order valence-electron chi connectivity index (χ3n) is 2.74. The number of nitrogens with one attached hydrogen (secondary N) is 1. The summed E-state index contributed by atoms with van der Waals surface area (Å²) in [6, 6.07) is 1.97. The van der Waals surface area contributed by atoms with Gasteiger partial charge in [-0.3, -0.25) is 9.78 Å². The smallest absolute Gasteiger partial charge is 0.239 e. The first-order valence-electron chi connectivity index (χ1n) is 5.24. The van der Waals surface area contributed by atoms with Gasteiger partial charge >= 0.3 is 0 Å². The minimum absolute atomic E-state index is 0.0380. The molecule has 0 radical (unpaired) electrons. The second-order valence-electron chi connectivity index (χ2n) is 3.99. The summed E-state index contributed by atoms with van der Waals surface area (Å²) in [6.07, 6.45) is 4.44. The Balaban J connectivity index is 1.90. The molecule has 2 rings (SSSR count). The summed E-state index contributed by atoms with van der Waals surface area (Å²) in [4.78, 5) is 17.5. The average molecular weight is 284 g/mol. The van der Waals surface area contributed by atoms with Gasteiger partial charge in [0.05, 0.1) is 6.04 Å². The van der Waals surface area contributed by atoms with E-state index in [0.717, 1.165) is 23.0 Å². The van der Waals surface area contributed by atoms with Crippen molar-refractivity contribution >= 4 is 21.8 Å². The van der Waals surface area contributed by atoms with Crippen molar-refractivity contribution in [3.05, 3.63) is 28.5 Å². The van der Waals surface area contributed by atoms with Crippen molar-refractivity contribution in [1.29, 1.82) is 0 Å². The topological polar surface area (TPSA) is 45.2 Å². The van der Waals surface area contributed by atoms with Crippen LogP contribution in [0.4, 0.5) is 0 Å². The lowest BCUT2D eigenvalue weighted by atomic mass is 10.2. The third-order valence-corrected chi connectivity index (χ3v) is 3.18. The van der Waals surface area contributed by atoms with Crippen LogP contribution in [-0.4, -0.2) is 35.4 Å². The van der Waals surface area contributed by atoms with Crippen LogP contribution in [0, 0.1) is 0 Å². The van der Waals surface area contributed by atoms with E-state index < -0.39 is 0 Å². The molecule has 1 unspecified atom stereocenters. The van der Waals surface area contributed by atoms with E-state index in [4.69, 9.17) is 0 Å². The highest BCUT2D eigenvalue weighted by molar-refractivity contribution is 9.10. The summed E-state index contributed by atoms with van der Waals surface area (Å²) in [6.45, 7) is 1.52. The van der Waals surface area contributed by atoms with Crippen LogP contribution in [-0.2, 0) is 11.3 Å². The van der Waals surface area contributed by atoms with Crippen molar-refractivity contribution in [2.45, 2.75) is 19.0 Å². The zero-order valence-corrected chi connectivity index (χ0v) is 10.7. The predicted octanol–water partition coefficient (Wildman–Crippen LogP) is 1.16. The van der Waals surface area contributed by atoms with E-state index in [-0.39, 0.29) is 11.9 Å². The minimum atomic E-state index is -0.0380. The molecule has 1 aliphatic heterocycles. The summed E-state index contributed by atoms with van der Waals surface area (Å²) in [7, 11) is 1.84. The van der Waals surface area contributed by atoms with E-state index in [1.807, 2.05) is 13.1 Å². The van der Waals surface area contributed by atoms with Gasteiger partial charge in [0.25, 0.3) is 0 Å². The minimum Gasteiger partial charge on any atom is -0.344 e. The Morgan fingerprint density at radius 3 is 3.06 bits per heavy atom. The van der Waals surface area contributed by atoms with Gasteiger partial charge in [-0.25, -0.2) is 0 Å². The van der Waals surface area contributed by atoms with Crippen LogP contribution in [0.1, 0.15) is 12.0 Å². The molecule has 1 saturated heterocycles. The molecule has 1 aromatic heterocycles. The number of carbonyl (C=O) groups excluding carboxylic acids is 1. The van der Waals surface area contributed by atoms with Gasteiger partial charge in [-0.15, -0.1) is 0 Å². The van der Waals surface area contributed by atoms with Gasteiger partial charge < -0.3 is 10.2 Å². The van der Waals surface area contributed by atoms with Crippen molar-refractivity contribution in [1.82, 2.24) is 15.2 Å². The Morgan fingerprint density at radius 2 is 2.44 bits per heavy atom. The molecular formula is C11H14BrN3O. The molecule has 1 N–H and O–H groups in total. The van der Waals surface area contributed by atoms with Crippen LogP contribution in [0.25, 0.3) is 0 Å². The number of carbonyl (C=O) groups is 1. The Kier molecular flexibility index (Phi) is 3.56. The maximum absolute atomic E-state index is 11.6. The fourth-order valence-corrected chi connectivity index (χ4v) is 2.22. The molecule has 1 aliphatic rings. The molecule has 16 heavy (non-hydrogen) atoms. The highest BCUT2D eigenvalue weighted by Gasteiger charge is 2.28. The molecule has 0 aliphatic carbocycles. The van der Waals surface area contributed by atoms with Crippen LogP contribution in [0.2, 0.25) is 0 Å². The van der Waals surface area contributed by atoms with Gasteiger partial charge in [0, 0.05) is 37.0 Å². The number of rotatable bonds is 3. The highest BCUT2D eigenvalue weighted by atomic mass is 79.9. The van der Waals surface area contributed by atoms with E-state index >= 15 is 0 Å². The summed E-state index contributed by atoms with van der Waals surface area (Å²) in [5.41, 5.74) is 1.08. The number of amides is 1. The standard InChI is InChI=1S/C11H14BrN3O/c1-15-3-2-10(11(15)16)14-6-8-4-9(12)7-13-5-8/h4-5,7,10,14H,2-3,6H2,1H3. The summed E-state index contributed by atoms with van der Waals surface area (Å²) in [5.74, 6) is 0.183. The quantitative estimate of drug-likeness (QED) is 0.906. The zero-order chi connectivity index (χ0) is 11.5. The van der Waals surface area contributed by atoms with Gasteiger partial charge in [0.1, 0.15) is 0 Å². The normalized spacial score (nSPS) is 20.5. The molecule has 0 bridgehead atoms. The molecule has 4 nitrogen and oxygen atoms in total. The number of likely N-dealkylation sites (N-methyl/N-ethyl adjacent to an activating group) is 1. The molecule has 86 valence electrons. The fourth-order valence-electron chi connectivity index (χ4n) is 1.81. The number of halogens is 1. The molecule has 1 amide bonds. The molecule has 0 aromatic carbocycles. The van der Waals surface area contributed by atoms with Crippen LogP contribution in [0.5, 0.6) is 0 Å². The van der Waals surface area contributed by atoms with Crippen molar-refractivity contribution in [2.24, 2.45) is 0 Å². The predicted molar refractivity (Wildman–Crippen MR) is 64.8 cm³/mol. The lowest BCUT2D eigenvalue weighted by Gasteiger charge is -2.12. The first kappa shape index (κ1) is 11.5. The van der Waals surface area contributed by atoms with Crippen molar-refractivity contribution in [2.75, 3.05) is 13.6 Å². The van der Waals surface area contributed by atoms with Crippen molar-refractivity contribution < 1.29 is 4.79 Å². The van der Waals surface area contributed by atoms with Gasteiger partial charge in [-0.1, -0.05) is 0 Å². The zero-order valence-electron chi connectivity index (χ0n) is 9.11. The second-order valence-corrected chi connectivity index (χ2v) is 4.91. The highest BCUT2D eigenvalue weighted by Crippen LogP contribution is 2.12. The van der Waals surface area contributed by atoms with E-state index in [2.05, 4.69) is 26.2 Å². The SMILES string of the molecule is CN1CCC(NCc2cncc(Br)c2)C1=O. The molecule has 0 spiro atoms. The maximum atomic E-state index is 11.6. The first-order chi connectivity index (χ1) is 7.66. The number of hydrogen-bond acceptors (Lipinski definition) is 3. The number of hydrogen-bond donors (Lipinski definition) is 1. The Labute approximate surface area is 103 Å². The van der Waals surface area contributed by atoms with Crippen molar-refractivity contribution in [3.63, 3.8) is 0 Å². The average Bonchev–Trinajstić information content (AvgIpc) is 2.57. The van der Waals surface area contributed by atoms with E-state index in [0.29, 0.717) is 6.54 Å². The molecule has 1 aromatic rings. The largest absolute Gasteiger partial charge is 0.344 e.